The summed E-state index contributed by atoms with van der Waals surface area (Å²) in [5, 5.41) is 1.02. The van der Waals surface area contributed by atoms with Crippen LogP contribution >= 0.6 is 0 Å². The molecule has 2 rings (SSSR count). The Kier molecular flexibility index (Phi) is 2.43. The van der Waals surface area contributed by atoms with Crippen LogP contribution in [-0.4, -0.2) is 10.4 Å². The Morgan fingerprint density at radius 2 is 2.12 bits per heavy atom. The van der Waals surface area contributed by atoms with Gasteiger partial charge in [-0.15, -0.1) is 0 Å². The van der Waals surface area contributed by atoms with Crippen molar-refractivity contribution in [3.63, 3.8) is 0 Å². The third-order valence-electron chi connectivity index (χ3n) is 3.10. The lowest BCUT2D eigenvalue weighted by Gasteiger charge is -1.98. The normalized spacial score (nSPS) is 10.7. The van der Waals surface area contributed by atoms with Gasteiger partial charge in [-0.3, -0.25) is 4.79 Å². The summed E-state index contributed by atoms with van der Waals surface area (Å²) in [5.74, 6) is 0.115. The molecule has 0 atom stereocenters. The molecule has 0 radical (unpaired) electrons. The van der Waals surface area contributed by atoms with Gasteiger partial charge in [0.2, 0.25) is 0 Å². The molecule has 2 heteroatoms. The Balaban J connectivity index is 2.92. The molecule has 16 heavy (non-hydrogen) atoms. The lowest BCUT2D eigenvalue weighted by Crippen LogP contribution is -1.96. The number of hydrogen-bond donors (Lipinski definition) is 0. The molecule has 0 amide bonds. The van der Waals surface area contributed by atoms with Crippen molar-refractivity contribution in [3.8, 4) is 0 Å². The zero-order valence-electron chi connectivity index (χ0n) is 9.87. The molecular weight excluding hydrogens is 198 g/mol. The summed E-state index contributed by atoms with van der Waals surface area (Å²) in [6.07, 6.45) is 1.80. The first kappa shape index (κ1) is 10.7. The number of ketones is 1. The summed E-state index contributed by atoms with van der Waals surface area (Å²) in [6, 6.07) is 6.07. The van der Waals surface area contributed by atoms with Crippen LogP contribution in [0.1, 0.15) is 28.5 Å². The van der Waals surface area contributed by atoms with Crippen molar-refractivity contribution >= 4 is 22.8 Å². The highest BCUT2D eigenvalue weighted by atomic mass is 16.1. The SMILES string of the molecule is C=Cc1ccc2c(c1)c(C(C)=O)c(C)n2C. The fraction of sp³-hybridized carbons (Fsp3) is 0.214. The number of nitrogens with zero attached hydrogens (tertiary/aromatic N) is 1. The van der Waals surface area contributed by atoms with Gasteiger partial charge in [0.15, 0.2) is 5.78 Å². The van der Waals surface area contributed by atoms with Crippen LogP contribution in [0, 0.1) is 6.92 Å². The molecule has 0 bridgehead atoms. The zero-order valence-corrected chi connectivity index (χ0v) is 9.87. The second-order valence-corrected chi connectivity index (χ2v) is 4.06. The van der Waals surface area contributed by atoms with Gasteiger partial charge in [-0.25, -0.2) is 0 Å². The molecule has 0 N–H and O–H groups in total. The Morgan fingerprint density at radius 1 is 1.44 bits per heavy atom. The smallest absolute Gasteiger partial charge is 0.162 e. The topological polar surface area (TPSA) is 22.0 Å². The van der Waals surface area contributed by atoms with Gasteiger partial charge < -0.3 is 4.57 Å². The van der Waals surface area contributed by atoms with Crippen LogP contribution < -0.4 is 0 Å². The van der Waals surface area contributed by atoms with Crippen molar-refractivity contribution in [3.05, 3.63) is 41.6 Å². The van der Waals surface area contributed by atoms with E-state index in [-0.39, 0.29) is 5.78 Å². The molecule has 1 aromatic heterocycles. The summed E-state index contributed by atoms with van der Waals surface area (Å²) in [7, 11) is 1.98. The van der Waals surface area contributed by atoms with Crippen molar-refractivity contribution in [1.29, 1.82) is 0 Å². The number of Topliss-reactive ketones (excluding diaryl/α,β-unsaturated/α-hetero) is 1. The quantitative estimate of drug-likeness (QED) is 0.701. The minimum absolute atomic E-state index is 0.115. The largest absolute Gasteiger partial charge is 0.347 e. The monoisotopic (exact) mass is 213 g/mol. The Morgan fingerprint density at radius 3 is 2.69 bits per heavy atom. The van der Waals surface area contributed by atoms with Crippen LogP contribution in [0.2, 0.25) is 0 Å². The number of rotatable bonds is 2. The maximum Gasteiger partial charge on any atom is 0.162 e. The van der Waals surface area contributed by atoms with E-state index in [4.69, 9.17) is 0 Å². The first-order valence-corrected chi connectivity index (χ1v) is 5.28. The fourth-order valence-corrected chi connectivity index (χ4v) is 2.16. The summed E-state index contributed by atoms with van der Waals surface area (Å²) in [6.45, 7) is 7.34. The maximum atomic E-state index is 11.7. The van der Waals surface area contributed by atoms with Gasteiger partial charge in [-0.05, 0) is 31.5 Å². The molecule has 0 saturated heterocycles. The van der Waals surface area contributed by atoms with E-state index in [1.165, 1.54) is 0 Å². The Bertz CT molecular complexity index is 590. The van der Waals surface area contributed by atoms with E-state index in [2.05, 4.69) is 11.1 Å². The zero-order chi connectivity index (χ0) is 11.9. The lowest BCUT2D eigenvalue weighted by molar-refractivity contribution is 0.101. The van der Waals surface area contributed by atoms with Gasteiger partial charge in [0.1, 0.15) is 0 Å². The number of carbonyl (C=O) groups is 1. The van der Waals surface area contributed by atoms with Crippen molar-refractivity contribution in [2.24, 2.45) is 7.05 Å². The highest BCUT2D eigenvalue weighted by Crippen LogP contribution is 2.26. The number of aryl methyl sites for hydroxylation is 1. The molecule has 0 aliphatic heterocycles. The molecular formula is C14H15NO. The van der Waals surface area contributed by atoms with Crippen molar-refractivity contribution < 1.29 is 4.79 Å². The number of carbonyl (C=O) groups excluding carboxylic acids is 1. The highest BCUT2D eigenvalue weighted by molar-refractivity contribution is 6.08. The molecule has 0 fully saturated rings. The van der Waals surface area contributed by atoms with Gasteiger partial charge in [0.05, 0.1) is 0 Å². The molecule has 0 aliphatic carbocycles. The van der Waals surface area contributed by atoms with E-state index in [0.717, 1.165) is 27.7 Å². The van der Waals surface area contributed by atoms with Crippen LogP contribution in [0.15, 0.2) is 24.8 Å². The van der Waals surface area contributed by atoms with E-state index in [0.29, 0.717) is 0 Å². The second-order valence-electron chi connectivity index (χ2n) is 4.06. The average Bonchev–Trinajstić information content (AvgIpc) is 2.51. The molecule has 0 aliphatic rings. The van der Waals surface area contributed by atoms with E-state index in [1.54, 1.807) is 13.0 Å². The van der Waals surface area contributed by atoms with E-state index < -0.39 is 0 Å². The van der Waals surface area contributed by atoms with E-state index in [9.17, 15) is 4.79 Å². The minimum Gasteiger partial charge on any atom is -0.347 e. The molecule has 2 nitrogen and oxygen atoms in total. The third-order valence-corrected chi connectivity index (χ3v) is 3.10. The van der Waals surface area contributed by atoms with Gasteiger partial charge >= 0.3 is 0 Å². The number of benzene rings is 1. The molecule has 1 heterocycles. The van der Waals surface area contributed by atoms with Gasteiger partial charge in [0.25, 0.3) is 0 Å². The first-order chi connectivity index (χ1) is 7.56. The van der Waals surface area contributed by atoms with Gasteiger partial charge in [-0.1, -0.05) is 18.7 Å². The molecule has 0 spiro atoms. The van der Waals surface area contributed by atoms with E-state index in [1.807, 2.05) is 32.2 Å². The van der Waals surface area contributed by atoms with Gasteiger partial charge in [0, 0.05) is 29.2 Å². The molecule has 82 valence electrons. The van der Waals surface area contributed by atoms with Crippen molar-refractivity contribution in [2.45, 2.75) is 13.8 Å². The van der Waals surface area contributed by atoms with Crippen LogP contribution in [-0.2, 0) is 7.05 Å². The molecule has 0 saturated carbocycles. The van der Waals surface area contributed by atoms with Crippen LogP contribution in [0.25, 0.3) is 17.0 Å². The number of aromatic nitrogens is 1. The van der Waals surface area contributed by atoms with Crippen molar-refractivity contribution in [2.75, 3.05) is 0 Å². The van der Waals surface area contributed by atoms with Crippen LogP contribution in [0.5, 0.6) is 0 Å². The number of fused-ring (bicyclic) bond motifs is 1. The molecule has 1 aromatic carbocycles. The Hall–Kier alpha value is -1.83. The highest BCUT2D eigenvalue weighted by Gasteiger charge is 2.14. The molecule has 0 unspecified atom stereocenters. The van der Waals surface area contributed by atoms with Crippen molar-refractivity contribution in [1.82, 2.24) is 4.57 Å². The average molecular weight is 213 g/mol. The lowest BCUT2D eigenvalue weighted by atomic mass is 10.1. The minimum atomic E-state index is 0.115. The number of hydrogen-bond acceptors (Lipinski definition) is 1. The Labute approximate surface area is 95.2 Å². The molecule has 2 aromatic rings. The van der Waals surface area contributed by atoms with E-state index >= 15 is 0 Å². The van der Waals surface area contributed by atoms with Gasteiger partial charge in [-0.2, -0.15) is 0 Å². The maximum absolute atomic E-state index is 11.7. The summed E-state index contributed by atoms with van der Waals surface area (Å²) >= 11 is 0. The predicted molar refractivity (Wildman–Crippen MR) is 67.8 cm³/mol. The predicted octanol–water partition coefficient (Wildman–Crippen LogP) is 3.33. The summed E-state index contributed by atoms with van der Waals surface area (Å²) in [5.41, 5.74) is 3.97. The third kappa shape index (κ3) is 1.38. The second kappa shape index (κ2) is 3.63. The first-order valence-electron chi connectivity index (χ1n) is 5.28. The fourth-order valence-electron chi connectivity index (χ4n) is 2.16. The van der Waals surface area contributed by atoms with Crippen LogP contribution in [0.3, 0.4) is 0 Å². The summed E-state index contributed by atoms with van der Waals surface area (Å²) in [4.78, 5) is 11.7. The summed E-state index contributed by atoms with van der Waals surface area (Å²) < 4.78 is 2.05. The standard InChI is InChI=1S/C14H15NO/c1-5-11-6-7-13-12(8-11)14(10(3)16)9(2)15(13)4/h5-8H,1H2,2-4H3. The van der Waals surface area contributed by atoms with Crippen LogP contribution in [0.4, 0.5) is 0 Å².